The third kappa shape index (κ3) is 3.72. The molecule has 0 saturated carbocycles. The summed E-state index contributed by atoms with van der Waals surface area (Å²) < 4.78 is 0. The van der Waals surface area contributed by atoms with E-state index >= 15 is 0 Å². The zero-order valence-corrected chi connectivity index (χ0v) is 17.5. The smallest absolute Gasteiger partial charge is 0.262 e. The SMILES string of the molecule is O=C1CCC(N2C(=O)c3ccc(CNCC4Cc5ccccc5CN4)cc3C2=O)C(=O)N1. The Bertz CT molecular complexity index is 1130. The topological polar surface area (TPSA) is 108 Å². The standard InChI is InChI=1S/C24H24N4O4/c29-21-8-7-20(22(30)27-21)28-23(31)18-6-5-14(9-19(18)24(28)32)11-25-13-17-10-15-3-1-2-4-16(15)12-26-17/h1-6,9,17,20,25-26H,7-8,10-13H2,(H,27,29,30). The normalized spacial score (nSPS) is 22.6. The van der Waals surface area contributed by atoms with Crippen molar-refractivity contribution in [2.75, 3.05) is 6.54 Å². The molecule has 2 unspecified atom stereocenters. The number of piperidine rings is 1. The van der Waals surface area contributed by atoms with Crippen LogP contribution in [0.5, 0.6) is 0 Å². The molecule has 0 spiro atoms. The van der Waals surface area contributed by atoms with E-state index in [1.54, 1.807) is 12.1 Å². The Morgan fingerprint density at radius 2 is 1.75 bits per heavy atom. The quantitative estimate of drug-likeness (QED) is 0.606. The number of benzene rings is 2. The minimum Gasteiger partial charge on any atom is -0.311 e. The van der Waals surface area contributed by atoms with Crippen LogP contribution in [-0.4, -0.2) is 47.2 Å². The molecule has 5 rings (SSSR count). The van der Waals surface area contributed by atoms with E-state index in [2.05, 4.69) is 40.2 Å². The highest BCUT2D eigenvalue weighted by atomic mass is 16.2. The van der Waals surface area contributed by atoms with Gasteiger partial charge in [-0.1, -0.05) is 30.3 Å². The van der Waals surface area contributed by atoms with Crippen LogP contribution < -0.4 is 16.0 Å². The van der Waals surface area contributed by atoms with Gasteiger partial charge in [-0.2, -0.15) is 0 Å². The van der Waals surface area contributed by atoms with E-state index in [0.717, 1.165) is 30.0 Å². The van der Waals surface area contributed by atoms with E-state index < -0.39 is 23.8 Å². The molecule has 0 bridgehead atoms. The molecule has 2 aromatic rings. The van der Waals surface area contributed by atoms with E-state index in [1.807, 2.05) is 6.07 Å². The van der Waals surface area contributed by atoms with Crippen molar-refractivity contribution in [1.82, 2.24) is 20.9 Å². The Morgan fingerprint density at radius 1 is 0.969 bits per heavy atom. The molecule has 2 aromatic carbocycles. The fourth-order valence-electron chi connectivity index (χ4n) is 4.68. The molecule has 8 nitrogen and oxygen atoms in total. The molecule has 3 N–H and O–H groups in total. The average Bonchev–Trinajstić information content (AvgIpc) is 3.03. The predicted octanol–water partition coefficient (Wildman–Crippen LogP) is 0.892. The molecule has 0 aromatic heterocycles. The lowest BCUT2D eigenvalue weighted by Gasteiger charge is -2.27. The van der Waals surface area contributed by atoms with Gasteiger partial charge in [0, 0.05) is 32.1 Å². The highest BCUT2D eigenvalue weighted by Gasteiger charge is 2.44. The Kier molecular flexibility index (Phi) is 5.32. The van der Waals surface area contributed by atoms with Crippen LogP contribution in [0.3, 0.4) is 0 Å². The molecular weight excluding hydrogens is 408 g/mol. The van der Waals surface area contributed by atoms with Crippen molar-refractivity contribution in [2.45, 2.75) is 44.4 Å². The minimum absolute atomic E-state index is 0.110. The molecule has 4 amide bonds. The molecule has 8 heteroatoms. The molecule has 2 atom stereocenters. The van der Waals surface area contributed by atoms with Crippen LogP contribution in [0.2, 0.25) is 0 Å². The Hall–Kier alpha value is -3.36. The van der Waals surface area contributed by atoms with E-state index in [1.165, 1.54) is 11.1 Å². The van der Waals surface area contributed by atoms with Crippen molar-refractivity contribution < 1.29 is 19.2 Å². The zero-order valence-electron chi connectivity index (χ0n) is 17.5. The maximum Gasteiger partial charge on any atom is 0.262 e. The van der Waals surface area contributed by atoms with Crippen LogP contribution in [0.4, 0.5) is 0 Å². The average molecular weight is 432 g/mol. The van der Waals surface area contributed by atoms with Gasteiger partial charge in [-0.05, 0) is 41.7 Å². The lowest BCUT2D eigenvalue weighted by atomic mass is 9.96. The number of fused-ring (bicyclic) bond motifs is 2. The second-order valence-corrected chi connectivity index (χ2v) is 8.51. The van der Waals surface area contributed by atoms with Gasteiger partial charge in [0.25, 0.3) is 11.8 Å². The van der Waals surface area contributed by atoms with Crippen molar-refractivity contribution in [3.05, 3.63) is 70.3 Å². The fraction of sp³-hybridized carbons (Fsp3) is 0.333. The summed E-state index contributed by atoms with van der Waals surface area (Å²) in [6.45, 7) is 2.20. The van der Waals surface area contributed by atoms with Crippen molar-refractivity contribution in [3.63, 3.8) is 0 Å². The molecule has 1 saturated heterocycles. The first-order chi connectivity index (χ1) is 15.5. The van der Waals surface area contributed by atoms with Crippen LogP contribution in [-0.2, 0) is 29.1 Å². The van der Waals surface area contributed by atoms with E-state index in [4.69, 9.17) is 0 Å². The molecule has 3 aliphatic heterocycles. The zero-order chi connectivity index (χ0) is 22.2. The highest BCUT2D eigenvalue weighted by molar-refractivity contribution is 6.23. The number of amides is 4. The third-order valence-corrected chi connectivity index (χ3v) is 6.39. The molecule has 0 radical (unpaired) electrons. The largest absolute Gasteiger partial charge is 0.311 e. The molecule has 1 fully saturated rings. The summed E-state index contributed by atoms with van der Waals surface area (Å²) in [4.78, 5) is 50.3. The summed E-state index contributed by atoms with van der Waals surface area (Å²) in [5.74, 6) is -1.94. The maximum atomic E-state index is 12.9. The number of hydrogen-bond donors (Lipinski definition) is 3. The van der Waals surface area contributed by atoms with Crippen LogP contribution in [0.25, 0.3) is 0 Å². The van der Waals surface area contributed by atoms with Crippen LogP contribution in [0.1, 0.15) is 50.2 Å². The molecule has 3 aliphatic rings. The lowest BCUT2D eigenvalue weighted by molar-refractivity contribution is -0.136. The Morgan fingerprint density at radius 3 is 2.56 bits per heavy atom. The van der Waals surface area contributed by atoms with Gasteiger partial charge in [0.05, 0.1) is 11.1 Å². The van der Waals surface area contributed by atoms with Gasteiger partial charge in [-0.25, -0.2) is 0 Å². The number of nitrogens with zero attached hydrogens (tertiary/aromatic N) is 1. The van der Waals surface area contributed by atoms with Crippen LogP contribution in [0, 0.1) is 0 Å². The van der Waals surface area contributed by atoms with Gasteiger partial charge in [0.1, 0.15) is 6.04 Å². The second-order valence-electron chi connectivity index (χ2n) is 8.51. The second kappa shape index (κ2) is 8.29. The van der Waals surface area contributed by atoms with Crippen LogP contribution in [0.15, 0.2) is 42.5 Å². The number of imide groups is 2. The number of hydrogen-bond acceptors (Lipinski definition) is 6. The summed E-state index contributed by atoms with van der Waals surface area (Å²) >= 11 is 0. The molecule has 32 heavy (non-hydrogen) atoms. The van der Waals surface area contributed by atoms with Gasteiger partial charge in [-0.3, -0.25) is 29.4 Å². The molecular formula is C24H24N4O4. The fourth-order valence-corrected chi connectivity index (χ4v) is 4.68. The summed E-state index contributed by atoms with van der Waals surface area (Å²) in [6.07, 6.45) is 1.22. The van der Waals surface area contributed by atoms with Gasteiger partial charge >= 0.3 is 0 Å². The van der Waals surface area contributed by atoms with Crippen molar-refractivity contribution >= 4 is 23.6 Å². The Labute approximate surface area is 185 Å². The summed E-state index contributed by atoms with van der Waals surface area (Å²) in [6, 6.07) is 13.0. The monoisotopic (exact) mass is 432 g/mol. The molecule has 3 heterocycles. The summed E-state index contributed by atoms with van der Waals surface area (Å²) in [7, 11) is 0. The van der Waals surface area contributed by atoms with Gasteiger partial charge in [0.2, 0.25) is 11.8 Å². The van der Waals surface area contributed by atoms with E-state index in [0.29, 0.717) is 23.7 Å². The van der Waals surface area contributed by atoms with E-state index in [9.17, 15) is 19.2 Å². The summed E-state index contributed by atoms with van der Waals surface area (Å²) in [5, 5.41) is 9.18. The molecule has 0 aliphatic carbocycles. The minimum atomic E-state index is -0.943. The predicted molar refractivity (Wildman–Crippen MR) is 116 cm³/mol. The van der Waals surface area contributed by atoms with Crippen LogP contribution >= 0.6 is 0 Å². The lowest BCUT2D eigenvalue weighted by Crippen LogP contribution is -2.54. The summed E-state index contributed by atoms with van der Waals surface area (Å²) in [5.41, 5.74) is 4.21. The Balaban J connectivity index is 1.22. The highest BCUT2D eigenvalue weighted by Crippen LogP contribution is 2.28. The number of carbonyl (C=O) groups is 4. The first kappa shape index (κ1) is 20.5. The van der Waals surface area contributed by atoms with Gasteiger partial charge in [-0.15, -0.1) is 0 Å². The first-order valence-electron chi connectivity index (χ1n) is 10.9. The van der Waals surface area contributed by atoms with Crippen molar-refractivity contribution in [2.24, 2.45) is 0 Å². The molecule has 164 valence electrons. The maximum absolute atomic E-state index is 12.9. The van der Waals surface area contributed by atoms with E-state index in [-0.39, 0.29) is 18.7 Å². The third-order valence-electron chi connectivity index (χ3n) is 6.39. The van der Waals surface area contributed by atoms with Gasteiger partial charge < -0.3 is 10.6 Å². The number of nitrogens with one attached hydrogen (secondary N) is 3. The first-order valence-corrected chi connectivity index (χ1v) is 10.9. The number of carbonyl (C=O) groups excluding carboxylic acids is 4. The van der Waals surface area contributed by atoms with Gasteiger partial charge in [0.15, 0.2) is 0 Å². The van der Waals surface area contributed by atoms with Crippen molar-refractivity contribution in [1.29, 1.82) is 0 Å². The number of rotatable bonds is 5. The van der Waals surface area contributed by atoms with Crippen molar-refractivity contribution in [3.8, 4) is 0 Å².